The van der Waals surface area contributed by atoms with Gasteiger partial charge in [0.1, 0.15) is 11.5 Å². The molecule has 1 aromatic carbocycles. The van der Waals surface area contributed by atoms with Gasteiger partial charge in [0, 0.05) is 7.11 Å². The van der Waals surface area contributed by atoms with Crippen LogP contribution in [0.3, 0.4) is 0 Å². The molecule has 96 valence electrons. The summed E-state index contributed by atoms with van der Waals surface area (Å²) in [4.78, 5) is 0. The van der Waals surface area contributed by atoms with Crippen LogP contribution in [0.2, 0.25) is 0 Å². The van der Waals surface area contributed by atoms with Crippen LogP contribution in [-0.2, 0) is 13.6 Å². The Kier molecular flexibility index (Phi) is 4.20. The summed E-state index contributed by atoms with van der Waals surface area (Å²) in [6.45, 7) is 5.25. The molecule has 0 fully saturated rings. The lowest BCUT2D eigenvalue weighted by atomic mass is 10.2. The maximum Gasteiger partial charge on any atom is 0.530 e. The number of aromatic hydroxyl groups is 1. The van der Waals surface area contributed by atoms with Gasteiger partial charge in [0.25, 0.3) is 0 Å². The highest BCUT2D eigenvalue weighted by molar-refractivity contribution is 7.48. The molecule has 5 nitrogen and oxygen atoms in total. The maximum atomic E-state index is 12.1. The monoisotopic (exact) mass is 260 g/mol. The van der Waals surface area contributed by atoms with E-state index in [1.54, 1.807) is 20.8 Å². The van der Waals surface area contributed by atoms with Gasteiger partial charge in [-0.3, -0.25) is 9.05 Å². The molecule has 0 saturated carbocycles. The molecule has 0 bridgehead atoms. The number of phosphoric acid groups is 1. The minimum atomic E-state index is -3.64. The first-order valence-corrected chi connectivity index (χ1v) is 6.55. The van der Waals surface area contributed by atoms with E-state index in [2.05, 4.69) is 0 Å². The first-order valence-electron chi connectivity index (χ1n) is 5.09. The largest absolute Gasteiger partial charge is 0.530 e. The van der Waals surface area contributed by atoms with Crippen molar-refractivity contribution in [2.75, 3.05) is 7.11 Å². The molecule has 17 heavy (non-hydrogen) atoms. The molecule has 0 aliphatic heterocycles. The average Bonchev–Trinajstić information content (AvgIpc) is 2.19. The van der Waals surface area contributed by atoms with Crippen LogP contribution in [0.5, 0.6) is 11.5 Å². The number of phosphoric ester groups is 1. The molecule has 0 aliphatic rings. The van der Waals surface area contributed by atoms with Crippen molar-refractivity contribution in [3.05, 3.63) is 24.3 Å². The van der Waals surface area contributed by atoms with E-state index >= 15 is 0 Å². The quantitative estimate of drug-likeness (QED) is 0.841. The van der Waals surface area contributed by atoms with Crippen LogP contribution in [0.1, 0.15) is 20.8 Å². The molecule has 1 unspecified atom stereocenters. The predicted octanol–water partition coefficient (Wildman–Crippen LogP) is 3.34. The number of hydrogen-bond acceptors (Lipinski definition) is 5. The van der Waals surface area contributed by atoms with Crippen molar-refractivity contribution in [3.8, 4) is 11.5 Å². The van der Waals surface area contributed by atoms with E-state index in [-0.39, 0.29) is 5.75 Å². The molecule has 0 saturated heterocycles. The van der Waals surface area contributed by atoms with Gasteiger partial charge < -0.3 is 9.63 Å². The Morgan fingerprint density at radius 1 is 1.18 bits per heavy atom. The summed E-state index contributed by atoms with van der Waals surface area (Å²) in [5, 5.41) is 9.11. The van der Waals surface area contributed by atoms with Crippen molar-refractivity contribution >= 4 is 7.82 Å². The van der Waals surface area contributed by atoms with Gasteiger partial charge in [-0.15, -0.1) is 0 Å². The summed E-state index contributed by atoms with van der Waals surface area (Å²) in [7, 11) is -2.38. The Labute approximate surface area is 101 Å². The highest BCUT2D eigenvalue weighted by atomic mass is 31.2. The molecule has 0 aliphatic carbocycles. The lowest BCUT2D eigenvalue weighted by molar-refractivity contribution is 0.0752. The van der Waals surface area contributed by atoms with Crippen molar-refractivity contribution in [1.29, 1.82) is 0 Å². The van der Waals surface area contributed by atoms with Gasteiger partial charge in [-0.25, -0.2) is 4.57 Å². The number of phenols is 1. The van der Waals surface area contributed by atoms with Gasteiger partial charge in [0.05, 0.1) is 5.60 Å². The second kappa shape index (κ2) is 5.08. The average molecular weight is 260 g/mol. The van der Waals surface area contributed by atoms with Gasteiger partial charge in [0.15, 0.2) is 0 Å². The summed E-state index contributed by atoms with van der Waals surface area (Å²) in [5.74, 6) is 0.401. The molecule has 1 atom stereocenters. The van der Waals surface area contributed by atoms with E-state index in [4.69, 9.17) is 18.7 Å². The molecule has 0 amide bonds. The number of phenolic OH excluding ortho intramolecular Hbond substituents is 1. The second-order valence-electron chi connectivity index (χ2n) is 4.42. The van der Waals surface area contributed by atoms with E-state index < -0.39 is 13.4 Å². The second-order valence-corrected chi connectivity index (χ2v) is 6.04. The zero-order chi connectivity index (χ0) is 13.1. The molecule has 1 N–H and O–H groups in total. The van der Waals surface area contributed by atoms with Crippen LogP contribution >= 0.6 is 7.82 Å². The third-order valence-electron chi connectivity index (χ3n) is 1.66. The topological polar surface area (TPSA) is 65.0 Å². The van der Waals surface area contributed by atoms with Crippen molar-refractivity contribution in [2.45, 2.75) is 26.4 Å². The van der Waals surface area contributed by atoms with E-state index in [0.717, 1.165) is 0 Å². The molecule has 6 heteroatoms. The number of benzene rings is 1. The summed E-state index contributed by atoms with van der Waals surface area (Å²) in [6, 6.07) is 5.80. The lowest BCUT2D eigenvalue weighted by Crippen LogP contribution is -2.19. The molecule has 0 spiro atoms. The third-order valence-corrected chi connectivity index (χ3v) is 3.32. The first kappa shape index (κ1) is 14.0. The van der Waals surface area contributed by atoms with Crippen molar-refractivity contribution in [3.63, 3.8) is 0 Å². The van der Waals surface area contributed by atoms with E-state index in [1.165, 1.54) is 31.4 Å². The summed E-state index contributed by atoms with van der Waals surface area (Å²) < 4.78 is 27.4. The van der Waals surface area contributed by atoms with Crippen molar-refractivity contribution in [1.82, 2.24) is 0 Å². The summed E-state index contributed by atoms with van der Waals surface area (Å²) in [5.41, 5.74) is -0.650. The van der Waals surface area contributed by atoms with Crippen LogP contribution in [0.25, 0.3) is 0 Å². The number of rotatable bonds is 4. The molecule has 1 rings (SSSR count). The van der Waals surface area contributed by atoms with Crippen molar-refractivity contribution < 1.29 is 23.2 Å². The molecular formula is C11H17O5P. The van der Waals surface area contributed by atoms with Gasteiger partial charge in [-0.05, 0) is 45.0 Å². The normalized spacial score (nSPS) is 15.3. The molecule has 1 aromatic rings. The predicted molar refractivity (Wildman–Crippen MR) is 64.2 cm³/mol. The fourth-order valence-electron chi connectivity index (χ4n) is 1.06. The Hall–Kier alpha value is -1.03. The molecule has 0 aromatic heterocycles. The summed E-state index contributed by atoms with van der Waals surface area (Å²) in [6.07, 6.45) is 0. The van der Waals surface area contributed by atoms with E-state index in [9.17, 15) is 4.57 Å². The number of hydrogen-bond donors (Lipinski definition) is 1. The third kappa shape index (κ3) is 4.77. The maximum absolute atomic E-state index is 12.1. The minimum absolute atomic E-state index is 0.0985. The fourth-order valence-corrected chi connectivity index (χ4v) is 2.30. The lowest BCUT2D eigenvalue weighted by Gasteiger charge is -2.25. The van der Waals surface area contributed by atoms with Gasteiger partial charge in [0.2, 0.25) is 0 Å². The van der Waals surface area contributed by atoms with Crippen LogP contribution < -0.4 is 4.52 Å². The van der Waals surface area contributed by atoms with Crippen LogP contribution in [-0.4, -0.2) is 17.8 Å². The van der Waals surface area contributed by atoms with E-state index in [1.807, 2.05) is 0 Å². The Morgan fingerprint density at radius 2 is 1.71 bits per heavy atom. The van der Waals surface area contributed by atoms with E-state index in [0.29, 0.717) is 5.75 Å². The Balaban J connectivity index is 2.82. The van der Waals surface area contributed by atoms with Crippen LogP contribution in [0.4, 0.5) is 0 Å². The fraction of sp³-hybridized carbons (Fsp3) is 0.455. The Morgan fingerprint density at radius 3 is 2.12 bits per heavy atom. The van der Waals surface area contributed by atoms with Crippen molar-refractivity contribution in [2.24, 2.45) is 0 Å². The van der Waals surface area contributed by atoms with Crippen LogP contribution in [0, 0.1) is 0 Å². The standard InChI is InChI=1S/C11H17O5P/c1-11(2,3)16-17(13,14-4)15-10-7-5-9(12)6-8-10/h5-8,12H,1-4H3. The van der Waals surface area contributed by atoms with Gasteiger partial charge >= 0.3 is 7.82 Å². The minimum Gasteiger partial charge on any atom is -0.508 e. The Bertz CT molecular complexity index is 407. The SMILES string of the molecule is COP(=O)(Oc1ccc(O)cc1)OC(C)(C)C. The molecular weight excluding hydrogens is 243 g/mol. The zero-order valence-electron chi connectivity index (χ0n) is 10.3. The van der Waals surface area contributed by atoms with Crippen LogP contribution in [0.15, 0.2) is 24.3 Å². The van der Waals surface area contributed by atoms with Gasteiger partial charge in [-0.1, -0.05) is 0 Å². The first-order chi connectivity index (χ1) is 7.74. The molecule has 0 radical (unpaired) electrons. The smallest absolute Gasteiger partial charge is 0.508 e. The summed E-state index contributed by atoms with van der Waals surface area (Å²) >= 11 is 0. The highest BCUT2D eigenvalue weighted by Gasteiger charge is 2.33. The zero-order valence-corrected chi connectivity index (χ0v) is 11.2. The van der Waals surface area contributed by atoms with Gasteiger partial charge in [-0.2, -0.15) is 0 Å². The highest BCUT2D eigenvalue weighted by Crippen LogP contribution is 2.51. The molecule has 0 heterocycles.